The lowest BCUT2D eigenvalue weighted by atomic mass is 10.1. The second-order valence-corrected chi connectivity index (χ2v) is 6.03. The SMILES string of the molecule is CC(c1ccc(Cl)cc1)n1c(CCl)nc2ccc(Cl)cc21. The average molecular weight is 340 g/mol. The number of alkyl halides is 1. The summed E-state index contributed by atoms with van der Waals surface area (Å²) in [6.07, 6.45) is 0. The van der Waals surface area contributed by atoms with Gasteiger partial charge in [0.2, 0.25) is 0 Å². The smallest absolute Gasteiger partial charge is 0.125 e. The average Bonchev–Trinajstić information content (AvgIpc) is 2.85. The zero-order valence-electron chi connectivity index (χ0n) is 11.4. The van der Waals surface area contributed by atoms with Gasteiger partial charge >= 0.3 is 0 Å². The first kappa shape index (κ1) is 14.7. The van der Waals surface area contributed by atoms with Gasteiger partial charge in [-0.3, -0.25) is 0 Å². The highest BCUT2D eigenvalue weighted by atomic mass is 35.5. The Kier molecular flexibility index (Phi) is 4.12. The molecule has 0 N–H and O–H groups in total. The van der Waals surface area contributed by atoms with Crippen molar-refractivity contribution in [2.75, 3.05) is 0 Å². The van der Waals surface area contributed by atoms with E-state index in [1.54, 1.807) is 0 Å². The van der Waals surface area contributed by atoms with Crippen molar-refractivity contribution in [3.63, 3.8) is 0 Å². The zero-order valence-corrected chi connectivity index (χ0v) is 13.6. The number of aromatic nitrogens is 2. The van der Waals surface area contributed by atoms with Gasteiger partial charge < -0.3 is 4.57 Å². The van der Waals surface area contributed by atoms with E-state index in [0.29, 0.717) is 10.9 Å². The van der Waals surface area contributed by atoms with Gasteiger partial charge in [-0.25, -0.2) is 4.98 Å². The Balaban J connectivity index is 2.17. The van der Waals surface area contributed by atoms with Crippen LogP contribution in [0.5, 0.6) is 0 Å². The van der Waals surface area contributed by atoms with Gasteiger partial charge in [0, 0.05) is 10.0 Å². The molecule has 108 valence electrons. The van der Waals surface area contributed by atoms with Crippen LogP contribution in [0.4, 0.5) is 0 Å². The van der Waals surface area contributed by atoms with Gasteiger partial charge in [-0.1, -0.05) is 35.3 Å². The van der Waals surface area contributed by atoms with Gasteiger partial charge in [-0.05, 0) is 42.8 Å². The first-order chi connectivity index (χ1) is 10.1. The Labute approximate surface area is 138 Å². The molecule has 0 radical (unpaired) electrons. The third-order valence-electron chi connectivity index (χ3n) is 3.58. The molecule has 0 saturated heterocycles. The minimum absolute atomic E-state index is 0.0967. The predicted molar refractivity (Wildman–Crippen MR) is 89.6 cm³/mol. The van der Waals surface area contributed by atoms with Crippen LogP contribution in [0.3, 0.4) is 0 Å². The Bertz CT molecular complexity index is 778. The molecule has 5 heteroatoms. The number of imidazole rings is 1. The zero-order chi connectivity index (χ0) is 15.0. The summed E-state index contributed by atoms with van der Waals surface area (Å²) in [5, 5.41) is 1.41. The number of rotatable bonds is 3. The molecule has 0 spiro atoms. The van der Waals surface area contributed by atoms with E-state index in [1.165, 1.54) is 0 Å². The number of hydrogen-bond donors (Lipinski definition) is 0. The van der Waals surface area contributed by atoms with Crippen LogP contribution >= 0.6 is 34.8 Å². The highest BCUT2D eigenvalue weighted by Gasteiger charge is 2.17. The first-order valence-corrected chi connectivity index (χ1v) is 7.87. The van der Waals surface area contributed by atoms with E-state index in [9.17, 15) is 0 Å². The molecule has 1 aromatic heterocycles. The third kappa shape index (κ3) is 2.76. The normalized spacial score (nSPS) is 12.8. The van der Waals surface area contributed by atoms with E-state index in [4.69, 9.17) is 34.8 Å². The molecule has 0 bridgehead atoms. The summed E-state index contributed by atoms with van der Waals surface area (Å²) in [5.41, 5.74) is 3.03. The second kappa shape index (κ2) is 5.88. The number of halogens is 3. The molecule has 0 fully saturated rings. The maximum atomic E-state index is 6.12. The molecular formula is C16H13Cl3N2. The maximum absolute atomic E-state index is 6.12. The van der Waals surface area contributed by atoms with E-state index in [-0.39, 0.29) is 6.04 Å². The highest BCUT2D eigenvalue weighted by Crippen LogP contribution is 2.29. The lowest BCUT2D eigenvalue weighted by Crippen LogP contribution is -2.09. The summed E-state index contributed by atoms with van der Waals surface area (Å²) in [7, 11) is 0. The summed E-state index contributed by atoms with van der Waals surface area (Å²) in [6, 6.07) is 13.6. The van der Waals surface area contributed by atoms with Crippen LogP contribution in [-0.2, 0) is 5.88 Å². The fraction of sp³-hybridized carbons (Fsp3) is 0.188. The molecule has 21 heavy (non-hydrogen) atoms. The molecule has 3 rings (SSSR count). The molecule has 0 amide bonds. The van der Waals surface area contributed by atoms with E-state index >= 15 is 0 Å². The summed E-state index contributed by atoms with van der Waals surface area (Å²) >= 11 is 18.1. The van der Waals surface area contributed by atoms with Gasteiger partial charge in [0.25, 0.3) is 0 Å². The fourth-order valence-corrected chi connectivity index (χ4v) is 3.01. The highest BCUT2D eigenvalue weighted by molar-refractivity contribution is 6.31. The summed E-state index contributed by atoms with van der Waals surface area (Å²) < 4.78 is 2.12. The number of nitrogens with zero attached hydrogens (tertiary/aromatic N) is 2. The molecule has 2 nitrogen and oxygen atoms in total. The lowest BCUT2D eigenvalue weighted by molar-refractivity contribution is 0.634. The molecule has 0 aliphatic rings. The largest absolute Gasteiger partial charge is 0.320 e. The minimum atomic E-state index is 0.0967. The van der Waals surface area contributed by atoms with Crippen molar-refractivity contribution in [2.24, 2.45) is 0 Å². The Morgan fingerprint density at radius 2 is 1.71 bits per heavy atom. The first-order valence-electron chi connectivity index (χ1n) is 6.58. The van der Waals surface area contributed by atoms with Crippen LogP contribution in [0.2, 0.25) is 10.0 Å². The lowest BCUT2D eigenvalue weighted by Gasteiger charge is -2.17. The van der Waals surface area contributed by atoms with Crippen molar-refractivity contribution in [3.05, 3.63) is 63.9 Å². The van der Waals surface area contributed by atoms with Crippen molar-refractivity contribution in [3.8, 4) is 0 Å². The van der Waals surface area contributed by atoms with Gasteiger partial charge in [-0.15, -0.1) is 11.6 Å². The molecule has 2 aromatic carbocycles. The topological polar surface area (TPSA) is 17.8 Å². The van der Waals surface area contributed by atoms with Crippen LogP contribution in [0.25, 0.3) is 11.0 Å². The fourth-order valence-electron chi connectivity index (χ4n) is 2.53. The second-order valence-electron chi connectivity index (χ2n) is 4.89. The molecule has 3 aromatic rings. The van der Waals surface area contributed by atoms with Gasteiger partial charge in [0.1, 0.15) is 5.82 Å². The predicted octanol–water partition coefficient (Wildman–Crippen LogP) is 5.69. The molecule has 0 aliphatic heterocycles. The standard InChI is InChI=1S/C16H13Cl3N2/c1-10(11-2-4-12(18)5-3-11)21-15-8-13(19)6-7-14(15)20-16(21)9-17/h2-8,10H,9H2,1H3. The quantitative estimate of drug-likeness (QED) is 0.560. The van der Waals surface area contributed by atoms with E-state index < -0.39 is 0 Å². The molecule has 0 aliphatic carbocycles. The molecule has 1 atom stereocenters. The molecular weight excluding hydrogens is 327 g/mol. The van der Waals surface area contributed by atoms with E-state index in [0.717, 1.165) is 27.4 Å². The molecule has 1 unspecified atom stereocenters. The van der Waals surface area contributed by atoms with Crippen molar-refractivity contribution < 1.29 is 0 Å². The number of hydrogen-bond acceptors (Lipinski definition) is 1. The maximum Gasteiger partial charge on any atom is 0.125 e. The Morgan fingerprint density at radius 1 is 1.05 bits per heavy atom. The Hall–Kier alpha value is -1.22. The van der Waals surface area contributed by atoms with Crippen molar-refractivity contribution in [1.82, 2.24) is 9.55 Å². The molecule has 0 saturated carbocycles. The summed E-state index contributed by atoms with van der Waals surface area (Å²) in [6.45, 7) is 2.11. The molecule has 1 heterocycles. The number of fused-ring (bicyclic) bond motifs is 1. The third-order valence-corrected chi connectivity index (χ3v) is 4.31. The van der Waals surface area contributed by atoms with Crippen LogP contribution in [0, 0.1) is 0 Å². The monoisotopic (exact) mass is 338 g/mol. The summed E-state index contributed by atoms with van der Waals surface area (Å²) in [4.78, 5) is 4.58. The summed E-state index contributed by atoms with van der Waals surface area (Å²) in [5.74, 6) is 1.18. The van der Waals surface area contributed by atoms with Gasteiger partial charge in [0.15, 0.2) is 0 Å². The van der Waals surface area contributed by atoms with Crippen LogP contribution in [0.1, 0.15) is 24.4 Å². The van der Waals surface area contributed by atoms with E-state index in [2.05, 4.69) is 16.5 Å². The van der Waals surface area contributed by atoms with Crippen LogP contribution in [0.15, 0.2) is 42.5 Å². The minimum Gasteiger partial charge on any atom is -0.320 e. The van der Waals surface area contributed by atoms with Crippen LogP contribution < -0.4 is 0 Å². The number of benzene rings is 2. The van der Waals surface area contributed by atoms with Crippen molar-refractivity contribution in [1.29, 1.82) is 0 Å². The van der Waals surface area contributed by atoms with Crippen molar-refractivity contribution >= 4 is 45.8 Å². The Morgan fingerprint density at radius 3 is 2.38 bits per heavy atom. The van der Waals surface area contributed by atoms with Gasteiger partial charge in [0.05, 0.1) is 23.0 Å². The van der Waals surface area contributed by atoms with Crippen LogP contribution in [-0.4, -0.2) is 9.55 Å². The van der Waals surface area contributed by atoms with Crippen molar-refractivity contribution in [2.45, 2.75) is 18.8 Å². The van der Waals surface area contributed by atoms with E-state index in [1.807, 2.05) is 42.5 Å². The van der Waals surface area contributed by atoms with Gasteiger partial charge in [-0.2, -0.15) is 0 Å².